The summed E-state index contributed by atoms with van der Waals surface area (Å²) in [5, 5.41) is 17.9. The van der Waals surface area contributed by atoms with E-state index in [2.05, 4.69) is 25.9 Å². The first-order valence-corrected chi connectivity index (χ1v) is 9.79. The van der Waals surface area contributed by atoms with Gasteiger partial charge < -0.3 is 9.88 Å². The molecule has 4 aromatic rings. The monoisotopic (exact) mass is 402 g/mol. The molecule has 152 valence electrons. The normalized spacial score (nSPS) is 12.1. The van der Waals surface area contributed by atoms with Gasteiger partial charge >= 0.3 is 0 Å². The maximum absolute atomic E-state index is 13.0. The summed E-state index contributed by atoms with van der Waals surface area (Å²) in [5.74, 6) is 0.391. The molecule has 0 saturated heterocycles. The van der Waals surface area contributed by atoms with Crippen molar-refractivity contribution < 1.29 is 9.59 Å². The van der Waals surface area contributed by atoms with Gasteiger partial charge in [0.1, 0.15) is 6.04 Å². The van der Waals surface area contributed by atoms with Crippen LogP contribution < -0.4 is 5.32 Å². The highest BCUT2D eigenvalue weighted by Crippen LogP contribution is 2.27. The lowest BCUT2D eigenvalue weighted by molar-refractivity contribution is -0.124. The van der Waals surface area contributed by atoms with E-state index in [4.69, 9.17) is 0 Å². The number of aromatic nitrogens is 5. The molecule has 30 heavy (non-hydrogen) atoms. The van der Waals surface area contributed by atoms with Gasteiger partial charge in [0, 0.05) is 34.8 Å². The third kappa shape index (κ3) is 3.71. The third-order valence-corrected chi connectivity index (χ3v) is 5.14. The molecule has 2 heterocycles. The number of hydrogen-bond donors (Lipinski definition) is 2. The average molecular weight is 402 g/mol. The molecule has 0 radical (unpaired) electrons. The molecule has 2 aromatic carbocycles. The fourth-order valence-corrected chi connectivity index (χ4v) is 3.66. The van der Waals surface area contributed by atoms with Crippen LogP contribution in [0.5, 0.6) is 0 Å². The molecule has 4 rings (SSSR count). The summed E-state index contributed by atoms with van der Waals surface area (Å²) in [4.78, 5) is 25.1. The number of benzene rings is 2. The van der Waals surface area contributed by atoms with Gasteiger partial charge in [-0.25, -0.2) is 0 Å². The standard InChI is InChI=1S/C22H22N6O2/c1-3-19(28-13-18(14(2)29)17-9-4-5-10-20(17)28)22(30)23-12-15-7-6-8-16(11-15)21-24-26-27-25-21/h4-11,13,19H,3,12H2,1-2H3,(H,23,30)(H,24,25,26,27). The van der Waals surface area contributed by atoms with Gasteiger partial charge in [-0.1, -0.05) is 43.3 Å². The van der Waals surface area contributed by atoms with Crippen LogP contribution >= 0.6 is 0 Å². The van der Waals surface area contributed by atoms with Crippen molar-refractivity contribution in [1.29, 1.82) is 0 Å². The fourth-order valence-electron chi connectivity index (χ4n) is 3.66. The first-order chi connectivity index (χ1) is 14.6. The van der Waals surface area contributed by atoms with Crippen LogP contribution in [-0.2, 0) is 11.3 Å². The molecule has 0 fully saturated rings. The van der Waals surface area contributed by atoms with E-state index in [0.29, 0.717) is 24.4 Å². The van der Waals surface area contributed by atoms with Crippen molar-refractivity contribution in [2.24, 2.45) is 0 Å². The van der Waals surface area contributed by atoms with Crippen molar-refractivity contribution in [3.8, 4) is 11.4 Å². The average Bonchev–Trinajstić information content (AvgIpc) is 3.42. The van der Waals surface area contributed by atoms with Gasteiger partial charge in [0.25, 0.3) is 0 Å². The van der Waals surface area contributed by atoms with Crippen LogP contribution in [-0.4, -0.2) is 36.9 Å². The predicted octanol–water partition coefficient (Wildman–Crippen LogP) is 3.29. The molecule has 0 spiro atoms. The number of rotatable bonds is 7. The lowest BCUT2D eigenvalue weighted by Crippen LogP contribution is -2.31. The molecular weight excluding hydrogens is 380 g/mol. The predicted molar refractivity (Wildman–Crippen MR) is 113 cm³/mol. The van der Waals surface area contributed by atoms with Crippen LogP contribution in [0.4, 0.5) is 0 Å². The van der Waals surface area contributed by atoms with Gasteiger partial charge in [0.15, 0.2) is 5.78 Å². The summed E-state index contributed by atoms with van der Waals surface area (Å²) in [6.07, 6.45) is 2.39. The van der Waals surface area contributed by atoms with Crippen LogP contribution in [0.1, 0.15) is 42.2 Å². The third-order valence-electron chi connectivity index (χ3n) is 5.14. The number of nitrogens with zero attached hydrogens (tertiary/aromatic N) is 4. The number of Topliss-reactive ketones (excluding diaryl/α,β-unsaturated/α-hetero) is 1. The van der Waals surface area contributed by atoms with Gasteiger partial charge in [0.2, 0.25) is 11.7 Å². The maximum atomic E-state index is 13.0. The summed E-state index contributed by atoms with van der Waals surface area (Å²) in [5.41, 5.74) is 3.26. The Bertz CT molecular complexity index is 1200. The number of para-hydroxylation sites is 1. The SMILES string of the molecule is CCC(C(=O)NCc1cccc(-c2nn[nH]n2)c1)n1cc(C(C)=O)c2ccccc21. The van der Waals surface area contributed by atoms with Crippen molar-refractivity contribution in [2.75, 3.05) is 0 Å². The first kappa shape index (κ1) is 19.5. The quantitative estimate of drug-likeness (QED) is 0.462. The Morgan fingerprint density at radius 1 is 1.17 bits per heavy atom. The highest BCUT2D eigenvalue weighted by atomic mass is 16.2. The number of fused-ring (bicyclic) bond motifs is 1. The van der Waals surface area contributed by atoms with Crippen LogP contribution in [0.2, 0.25) is 0 Å². The zero-order valence-corrected chi connectivity index (χ0v) is 16.8. The number of tetrazole rings is 1. The molecule has 0 aliphatic carbocycles. The Morgan fingerprint density at radius 2 is 2.00 bits per heavy atom. The molecule has 0 aliphatic heterocycles. The number of ketones is 1. The van der Waals surface area contributed by atoms with E-state index in [1.807, 2.05) is 60.0 Å². The Kier molecular flexibility index (Phi) is 5.38. The number of carbonyl (C=O) groups is 2. The summed E-state index contributed by atoms with van der Waals surface area (Å²) in [6, 6.07) is 14.9. The topological polar surface area (TPSA) is 106 Å². The van der Waals surface area contributed by atoms with Crippen molar-refractivity contribution in [3.63, 3.8) is 0 Å². The molecular formula is C22H22N6O2. The molecule has 8 nitrogen and oxygen atoms in total. The smallest absolute Gasteiger partial charge is 0.243 e. The minimum absolute atomic E-state index is 0.0153. The van der Waals surface area contributed by atoms with E-state index in [1.54, 1.807) is 13.1 Å². The second-order valence-corrected chi connectivity index (χ2v) is 7.10. The zero-order valence-electron chi connectivity index (χ0n) is 16.8. The maximum Gasteiger partial charge on any atom is 0.243 e. The van der Waals surface area contributed by atoms with Crippen LogP contribution in [0.3, 0.4) is 0 Å². The van der Waals surface area contributed by atoms with Crippen molar-refractivity contribution in [2.45, 2.75) is 32.9 Å². The first-order valence-electron chi connectivity index (χ1n) is 9.79. The van der Waals surface area contributed by atoms with Crippen LogP contribution in [0, 0.1) is 0 Å². The summed E-state index contributed by atoms with van der Waals surface area (Å²) >= 11 is 0. The summed E-state index contributed by atoms with van der Waals surface area (Å²) in [7, 11) is 0. The molecule has 2 N–H and O–H groups in total. The number of H-pyrrole nitrogens is 1. The lowest BCUT2D eigenvalue weighted by atomic mass is 10.1. The van der Waals surface area contributed by atoms with Gasteiger partial charge in [0.05, 0.1) is 0 Å². The Balaban J connectivity index is 1.55. The number of amides is 1. The van der Waals surface area contributed by atoms with E-state index in [-0.39, 0.29) is 11.7 Å². The van der Waals surface area contributed by atoms with Gasteiger partial charge in [-0.05, 0) is 36.3 Å². The molecule has 2 aromatic heterocycles. The second kappa shape index (κ2) is 8.28. The molecule has 1 unspecified atom stereocenters. The number of hydrogen-bond acceptors (Lipinski definition) is 5. The van der Waals surface area contributed by atoms with E-state index in [9.17, 15) is 9.59 Å². The van der Waals surface area contributed by atoms with Gasteiger partial charge in [-0.15, -0.1) is 10.2 Å². The molecule has 8 heteroatoms. The van der Waals surface area contributed by atoms with Crippen LogP contribution in [0.15, 0.2) is 54.7 Å². The van der Waals surface area contributed by atoms with Crippen molar-refractivity contribution >= 4 is 22.6 Å². The lowest BCUT2D eigenvalue weighted by Gasteiger charge is -2.18. The summed E-state index contributed by atoms with van der Waals surface area (Å²) in [6.45, 7) is 3.88. The minimum atomic E-state index is -0.414. The Morgan fingerprint density at radius 3 is 2.73 bits per heavy atom. The van der Waals surface area contributed by atoms with Crippen molar-refractivity contribution in [3.05, 3.63) is 65.9 Å². The number of carbonyl (C=O) groups excluding carboxylic acids is 2. The Labute approximate surface area is 173 Å². The second-order valence-electron chi connectivity index (χ2n) is 7.10. The van der Waals surface area contributed by atoms with Gasteiger partial charge in [-0.3, -0.25) is 9.59 Å². The zero-order chi connectivity index (χ0) is 21.1. The Hall–Kier alpha value is -3.81. The molecule has 0 aliphatic rings. The largest absolute Gasteiger partial charge is 0.350 e. The summed E-state index contributed by atoms with van der Waals surface area (Å²) < 4.78 is 1.90. The highest BCUT2D eigenvalue weighted by molar-refractivity contribution is 6.07. The van der Waals surface area contributed by atoms with E-state index < -0.39 is 6.04 Å². The fraction of sp³-hybridized carbons (Fsp3) is 0.227. The molecule has 0 bridgehead atoms. The molecule has 1 amide bonds. The van der Waals surface area contributed by atoms with E-state index in [0.717, 1.165) is 22.0 Å². The number of aromatic amines is 1. The van der Waals surface area contributed by atoms with Crippen LogP contribution in [0.25, 0.3) is 22.3 Å². The minimum Gasteiger partial charge on any atom is -0.350 e. The van der Waals surface area contributed by atoms with E-state index >= 15 is 0 Å². The highest BCUT2D eigenvalue weighted by Gasteiger charge is 2.22. The van der Waals surface area contributed by atoms with Crippen molar-refractivity contribution in [1.82, 2.24) is 30.5 Å². The van der Waals surface area contributed by atoms with E-state index in [1.165, 1.54) is 0 Å². The molecule has 1 atom stereocenters. The van der Waals surface area contributed by atoms with Gasteiger partial charge in [-0.2, -0.15) is 5.21 Å². The molecule has 0 saturated carbocycles. The number of nitrogens with one attached hydrogen (secondary N) is 2.